The Bertz CT molecular complexity index is 1500. The fourth-order valence-corrected chi connectivity index (χ4v) is 5.62. The summed E-state index contributed by atoms with van der Waals surface area (Å²) in [6.45, 7) is 12.3. The lowest BCUT2D eigenvalue weighted by atomic mass is 9.93. The number of benzene rings is 1. The fraction of sp³-hybridized carbons (Fsp3) is 0.367. The van der Waals surface area contributed by atoms with Crippen molar-refractivity contribution in [3.8, 4) is 0 Å². The maximum absolute atomic E-state index is 13.7. The fourth-order valence-electron chi connectivity index (χ4n) is 4.51. The first kappa shape index (κ1) is 29.7. The number of nitrogens with two attached hydrogens (primary N) is 1. The van der Waals surface area contributed by atoms with Crippen molar-refractivity contribution in [3.05, 3.63) is 75.4 Å². The molecule has 11 heteroatoms. The van der Waals surface area contributed by atoms with Crippen LogP contribution in [0.3, 0.4) is 0 Å². The Kier molecular flexibility index (Phi) is 8.21. The van der Waals surface area contributed by atoms with Crippen LogP contribution >= 0.6 is 11.3 Å². The first-order valence-electron chi connectivity index (χ1n) is 13.3. The number of hydrogen-bond acceptors (Lipinski definition) is 6. The maximum atomic E-state index is 13.7. The summed E-state index contributed by atoms with van der Waals surface area (Å²) >= 11 is 1.35. The zero-order valence-corrected chi connectivity index (χ0v) is 25.0. The van der Waals surface area contributed by atoms with Gasteiger partial charge in [0.25, 0.3) is 11.8 Å². The summed E-state index contributed by atoms with van der Waals surface area (Å²) in [5.74, 6) is -1.11. The van der Waals surface area contributed by atoms with Gasteiger partial charge in [0.2, 0.25) is 5.91 Å². The van der Waals surface area contributed by atoms with Gasteiger partial charge in [0.15, 0.2) is 0 Å². The average molecular weight is 577 g/mol. The highest BCUT2D eigenvalue weighted by molar-refractivity contribution is 7.16. The van der Waals surface area contributed by atoms with Crippen molar-refractivity contribution in [2.45, 2.75) is 58.9 Å². The monoisotopic (exact) mass is 576 g/mol. The van der Waals surface area contributed by atoms with Crippen LogP contribution in [-0.2, 0) is 16.6 Å². The average Bonchev–Trinajstić information content (AvgIpc) is 3.32. The van der Waals surface area contributed by atoms with Gasteiger partial charge in [-0.3, -0.25) is 24.7 Å². The molecule has 3 heterocycles. The number of nitrogens with zero attached hydrogens (tertiary/aromatic N) is 2. The van der Waals surface area contributed by atoms with Gasteiger partial charge in [-0.15, -0.1) is 11.3 Å². The number of nitrogens with one attached hydrogen (secondary N) is 3. The second-order valence-corrected chi connectivity index (χ2v) is 12.7. The Labute approximate surface area is 243 Å². The maximum Gasteiger partial charge on any atom is 0.324 e. The first-order valence-corrected chi connectivity index (χ1v) is 14.2. The van der Waals surface area contributed by atoms with Gasteiger partial charge in [-0.25, -0.2) is 4.79 Å². The third kappa shape index (κ3) is 6.57. The smallest absolute Gasteiger partial charge is 0.324 e. The number of hydrogen-bond donors (Lipinski definition) is 4. The van der Waals surface area contributed by atoms with E-state index in [1.807, 2.05) is 52.0 Å². The minimum absolute atomic E-state index is 0.200. The number of urea groups is 1. The normalized spacial score (nSPS) is 14.8. The number of amides is 5. The van der Waals surface area contributed by atoms with Crippen LogP contribution in [0.25, 0.3) is 0 Å². The Hall–Kier alpha value is -4.25. The number of aromatic nitrogens is 1. The van der Waals surface area contributed by atoms with E-state index in [0.717, 1.165) is 21.6 Å². The molecule has 216 valence electrons. The predicted octanol–water partition coefficient (Wildman–Crippen LogP) is 4.43. The molecule has 0 radical (unpaired) electrons. The Balaban J connectivity index is 1.55. The van der Waals surface area contributed by atoms with Crippen molar-refractivity contribution in [1.29, 1.82) is 0 Å². The molecule has 3 aromatic rings. The highest BCUT2D eigenvalue weighted by atomic mass is 32.1. The van der Waals surface area contributed by atoms with Gasteiger partial charge >= 0.3 is 6.03 Å². The third-order valence-corrected chi connectivity index (χ3v) is 8.58. The molecule has 1 aromatic carbocycles. The summed E-state index contributed by atoms with van der Waals surface area (Å²) in [5.41, 5.74) is 8.05. The Morgan fingerprint density at radius 2 is 1.85 bits per heavy atom. The number of rotatable bonds is 6. The van der Waals surface area contributed by atoms with E-state index >= 15 is 0 Å². The summed E-state index contributed by atoms with van der Waals surface area (Å²) in [5, 5.41) is 8.99. The summed E-state index contributed by atoms with van der Waals surface area (Å²) in [6.07, 6.45) is 2.16. The lowest BCUT2D eigenvalue weighted by molar-refractivity contribution is -0.133. The number of carbonyl (C=O) groups excluding carboxylic acids is 4. The lowest BCUT2D eigenvalue weighted by Gasteiger charge is -2.41. The molecule has 0 spiro atoms. The summed E-state index contributed by atoms with van der Waals surface area (Å²) in [6, 6.07) is 10.3. The molecule has 1 aliphatic rings. The second-order valence-electron chi connectivity index (χ2n) is 11.7. The number of carbonyl (C=O) groups is 4. The van der Waals surface area contributed by atoms with E-state index in [0.29, 0.717) is 35.8 Å². The molecule has 0 bridgehead atoms. The minimum atomic E-state index is -1.02. The quantitative estimate of drug-likeness (QED) is 0.343. The van der Waals surface area contributed by atoms with E-state index in [9.17, 15) is 19.2 Å². The predicted molar refractivity (Wildman–Crippen MR) is 161 cm³/mol. The number of anilines is 2. The molecule has 1 aliphatic heterocycles. The van der Waals surface area contributed by atoms with E-state index in [1.54, 1.807) is 37.1 Å². The van der Waals surface area contributed by atoms with Crippen LogP contribution in [-0.4, -0.2) is 52.3 Å². The largest absolute Gasteiger partial charge is 0.364 e. The summed E-state index contributed by atoms with van der Waals surface area (Å²) < 4.78 is 0. The minimum Gasteiger partial charge on any atom is -0.364 e. The number of aryl methyl sites for hydroxylation is 1. The van der Waals surface area contributed by atoms with Crippen LogP contribution in [0.15, 0.2) is 42.6 Å². The van der Waals surface area contributed by atoms with Crippen molar-refractivity contribution < 1.29 is 19.2 Å². The molecule has 41 heavy (non-hydrogen) atoms. The third-order valence-electron chi connectivity index (χ3n) is 7.10. The Morgan fingerprint density at radius 3 is 2.49 bits per heavy atom. The lowest BCUT2D eigenvalue weighted by Crippen LogP contribution is -2.63. The molecule has 5 amide bonds. The molecule has 1 fully saturated rings. The van der Waals surface area contributed by atoms with E-state index in [1.165, 1.54) is 11.3 Å². The molecule has 5 N–H and O–H groups in total. The van der Waals surface area contributed by atoms with Gasteiger partial charge in [-0.1, -0.05) is 32.9 Å². The molecule has 10 nitrogen and oxygen atoms in total. The van der Waals surface area contributed by atoms with Crippen LogP contribution in [0.4, 0.5) is 15.5 Å². The van der Waals surface area contributed by atoms with Gasteiger partial charge in [0.1, 0.15) is 16.2 Å². The van der Waals surface area contributed by atoms with E-state index in [2.05, 4.69) is 20.9 Å². The molecule has 2 aromatic heterocycles. The number of pyridine rings is 1. The number of thiophene rings is 1. The number of primary amides is 1. The molecule has 1 saturated heterocycles. The van der Waals surface area contributed by atoms with Gasteiger partial charge in [0, 0.05) is 29.9 Å². The van der Waals surface area contributed by atoms with E-state index < -0.39 is 17.5 Å². The van der Waals surface area contributed by atoms with Gasteiger partial charge < -0.3 is 21.3 Å². The molecule has 0 atom stereocenters. The molecule has 0 aliphatic carbocycles. The molecule has 4 rings (SSSR count). The highest BCUT2D eigenvalue weighted by Gasteiger charge is 2.42. The second kappa shape index (κ2) is 11.3. The standard InChI is InChI=1S/C30H36N6O4S/c1-17-7-9-20(14-19(17)13-18-8-10-22(24(31)37)33-16-18)34-28(40)35-25-21(15-23(41-25)29(2,3)4)26(38)36-12-11-32-27(39)30(36,5)6/h7-10,14-16H,11-13H2,1-6H3,(H2,31,37)(H,32,39)(H2,34,35,40). The van der Waals surface area contributed by atoms with Gasteiger partial charge in [-0.2, -0.15) is 0 Å². The van der Waals surface area contributed by atoms with E-state index in [-0.39, 0.29) is 22.9 Å². The zero-order chi connectivity index (χ0) is 30.1. The van der Waals surface area contributed by atoms with Crippen LogP contribution in [0, 0.1) is 6.92 Å². The molecular weight excluding hydrogens is 540 g/mol. The number of piperazine rings is 1. The molecule has 0 saturated carbocycles. The van der Waals surface area contributed by atoms with Crippen molar-refractivity contribution in [1.82, 2.24) is 15.2 Å². The van der Waals surface area contributed by atoms with Crippen molar-refractivity contribution in [2.75, 3.05) is 23.7 Å². The van der Waals surface area contributed by atoms with Gasteiger partial charge in [-0.05, 0) is 73.6 Å². The topological polar surface area (TPSA) is 147 Å². The summed E-state index contributed by atoms with van der Waals surface area (Å²) in [4.78, 5) is 57.3. The Morgan fingerprint density at radius 1 is 1.12 bits per heavy atom. The van der Waals surface area contributed by atoms with Crippen LogP contribution in [0.1, 0.15) is 77.0 Å². The van der Waals surface area contributed by atoms with E-state index in [4.69, 9.17) is 5.73 Å². The molecular formula is C30H36N6O4S. The SMILES string of the molecule is Cc1ccc(NC(=O)Nc2sc(C(C)(C)C)cc2C(=O)N2CCNC(=O)C2(C)C)cc1Cc1ccc(C(N)=O)nc1. The van der Waals surface area contributed by atoms with Crippen LogP contribution in [0.2, 0.25) is 0 Å². The van der Waals surface area contributed by atoms with Crippen molar-refractivity contribution in [2.24, 2.45) is 5.73 Å². The zero-order valence-electron chi connectivity index (χ0n) is 24.2. The highest BCUT2D eigenvalue weighted by Crippen LogP contribution is 2.38. The van der Waals surface area contributed by atoms with Crippen molar-refractivity contribution >= 4 is 45.8 Å². The van der Waals surface area contributed by atoms with Crippen LogP contribution < -0.4 is 21.7 Å². The van der Waals surface area contributed by atoms with Crippen molar-refractivity contribution in [3.63, 3.8) is 0 Å². The first-order chi connectivity index (χ1) is 19.2. The molecule has 0 unspecified atom stereocenters. The van der Waals surface area contributed by atoms with Gasteiger partial charge in [0.05, 0.1) is 5.56 Å². The summed E-state index contributed by atoms with van der Waals surface area (Å²) in [7, 11) is 0. The van der Waals surface area contributed by atoms with Crippen LogP contribution in [0.5, 0.6) is 0 Å².